The lowest BCUT2D eigenvalue weighted by Gasteiger charge is -1.99. The average Bonchev–Trinajstić information content (AvgIpc) is 2.64. The number of hydrogen-bond donors (Lipinski definition) is 2. The Balaban J connectivity index is 2.33. The first-order valence-electron chi connectivity index (χ1n) is 5.04. The third-order valence-electron chi connectivity index (χ3n) is 2.57. The Labute approximate surface area is 102 Å². The predicted molar refractivity (Wildman–Crippen MR) is 66.0 cm³/mol. The Bertz CT molecular complexity index is 693. The Morgan fingerprint density at radius 2 is 2.00 bits per heavy atom. The van der Waals surface area contributed by atoms with Crippen LogP contribution in [-0.2, 0) is 0 Å². The van der Waals surface area contributed by atoms with Gasteiger partial charge in [0, 0.05) is 17.1 Å². The Morgan fingerprint density at radius 3 is 2.82 bits per heavy atom. The van der Waals surface area contributed by atoms with Crippen LogP contribution in [-0.4, -0.2) is 20.1 Å². The average molecular weight is 246 g/mol. The van der Waals surface area contributed by atoms with Gasteiger partial charge in [0.15, 0.2) is 5.88 Å². The summed E-state index contributed by atoms with van der Waals surface area (Å²) in [4.78, 5) is 10.8. The van der Waals surface area contributed by atoms with Crippen LogP contribution in [0.15, 0.2) is 36.5 Å². The number of halogens is 1. The van der Waals surface area contributed by atoms with E-state index in [0.29, 0.717) is 11.3 Å². The molecule has 0 aliphatic carbocycles. The normalized spacial score (nSPS) is 10.9. The third kappa shape index (κ3) is 1.62. The summed E-state index contributed by atoms with van der Waals surface area (Å²) in [6.45, 7) is 0. The highest BCUT2D eigenvalue weighted by atomic mass is 35.5. The van der Waals surface area contributed by atoms with Gasteiger partial charge in [0.1, 0.15) is 0 Å². The van der Waals surface area contributed by atoms with Crippen LogP contribution >= 0.6 is 11.6 Å². The second-order valence-electron chi connectivity index (χ2n) is 3.61. The molecule has 5 heteroatoms. The van der Waals surface area contributed by atoms with E-state index in [1.165, 1.54) is 0 Å². The molecule has 3 aromatic rings. The van der Waals surface area contributed by atoms with Crippen LogP contribution in [0.5, 0.6) is 5.88 Å². The molecule has 2 N–H and O–H groups in total. The van der Waals surface area contributed by atoms with Crippen molar-refractivity contribution in [1.29, 1.82) is 0 Å². The fourth-order valence-electron chi connectivity index (χ4n) is 1.86. The number of benzene rings is 1. The van der Waals surface area contributed by atoms with Crippen molar-refractivity contribution in [2.45, 2.75) is 0 Å². The Hall–Kier alpha value is -2.07. The number of aromatic amines is 1. The van der Waals surface area contributed by atoms with E-state index >= 15 is 0 Å². The molecule has 84 valence electrons. The van der Waals surface area contributed by atoms with Crippen molar-refractivity contribution in [3.05, 3.63) is 41.8 Å². The van der Waals surface area contributed by atoms with Crippen molar-refractivity contribution in [1.82, 2.24) is 15.0 Å². The van der Waals surface area contributed by atoms with Crippen molar-refractivity contribution in [2.24, 2.45) is 0 Å². The van der Waals surface area contributed by atoms with E-state index in [1.807, 2.05) is 24.3 Å². The highest BCUT2D eigenvalue weighted by Gasteiger charge is 2.13. The minimum atomic E-state index is 0.0842. The maximum absolute atomic E-state index is 9.92. The highest BCUT2D eigenvalue weighted by molar-refractivity contribution is 6.28. The minimum absolute atomic E-state index is 0.0842. The summed E-state index contributed by atoms with van der Waals surface area (Å²) < 4.78 is 0. The number of rotatable bonds is 1. The smallest absolute Gasteiger partial charge is 0.222 e. The molecule has 0 saturated carbocycles. The van der Waals surface area contributed by atoms with Gasteiger partial charge in [-0.05, 0) is 23.7 Å². The van der Waals surface area contributed by atoms with Gasteiger partial charge in [0.25, 0.3) is 0 Å². The zero-order valence-electron chi connectivity index (χ0n) is 8.68. The fraction of sp³-hybridized carbons (Fsp3) is 0. The van der Waals surface area contributed by atoms with Crippen LogP contribution in [0.4, 0.5) is 0 Å². The Kier molecular flexibility index (Phi) is 2.23. The molecule has 3 rings (SSSR count). The molecule has 0 radical (unpaired) electrons. The van der Waals surface area contributed by atoms with Crippen LogP contribution in [0.3, 0.4) is 0 Å². The van der Waals surface area contributed by atoms with E-state index in [9.17, 15) is 5.11 Å². The molecule has 0 saturated heterocycles. The number of nitrogens with one attached hydrogen (secondary N) is 1. The number of H-pyrrole nitrogens is 1. The lowest BCUT2D eigenvalue weighted by atomic mass is 10.1. The predicted octanol–water partition coefficient (Wildman–Crippen LogP) is 2.98. The van der Waals surface area contributed by atoms with E-state index in [0.717, 1.165) is 10.9 Å². The molecule has 0 bridgehead atoms. The van der Waals surface area contributed by atoms with Gasteiger partial charge >= 0.3 is 0 Å². The lowest BCUT2D eigenvalue weighted by Crippen LogP contribution is -1.85. The monoisotopic (exact) mass is 245 g/mol. The minimum Gasteiger partial charge on any atom is -0.494 e. The second kappa shape index (κ2) is 3.75. The first-order valence-corrected chi connectivity index (χ1v) is 5.42. The fourth-order valence-corrected chi connectivity index (χ4v) is 2.01. The van der Waals surface area contributed by atoms with Crippen molar-refractivity contribution in [3.8, 4) is 17.1 Å². The van der Waals surface area contributed by atoms with E-state index < -0.39 is 0 Å². The largest absolute Gasteiger partial charge is 0.494 e. The van der Waals surface area contributed by atoms with E-state index in [2.05, 4.69) is 15.0 Å². The molecule has 2 aromatic heterocycles. The summed E-state index contributed by atoms with van der Waals surface area (Å²) in [5, 5.41) is 11.0. The van der Waals surface area contributed by atoms with Gasteiger partial charge in [0.2, 0.25) is 5.28 Å². The van der Waals surface area contributed by atoms with Gasteiger partial charge in [0.05, 0.1) is 11.3 Å². The van der Waals surface area contributed by atoms with Crippen LogP contribution in [0.1, 0.15) is 0 Å². The molecule has 0 aliphatic rings. The first kappa shape index (κ1) is 10.1. The van der Waals surface area contributed by atoms with Crippen LogP contribution in [0.2, 0.25) is 5.28 Å². The highest BCUT2D eigenvalue weighted by Crippen LogP contribution is 2.35. The molecule has 1 aromatic carbocycles. The topological polar surface area (TPSA) is 61.8 Å². The summed E-state index contributed by atoms with van der Waals surface area (Å²) in [6, 6.07) is 9.32. The van der Waals surface area contributed by atoms with Crippen molar-refractivity contribution < 1.29 is 5.11 Å². The molecule has 0 unspecified atom stereocenters. The molecule has 0 fully saturated rings. The van der Waals surface area contributed by atoms with Gasteiger partial charge < -0.3 is 10.1 Å². The van der Waals surface area contributed by atoms with Crippen LogP contribution < -0.4 is 0 Å². The third-order valence-corrected chi connectivity index (χ3v) is 2.75. The second-order valence-corrected chi connectivity index (χ2v) is 3.94. The maximum Gasteiger partial charge on any atom is 0.222 e. The number of aromatic hydroxyl groups is 1. The standard InChI is InChI=1S/C12H8ClN3O/c13-12-14-6-5-9(16-12)10-7-3-1-2-4-8(7)15-11(10)17/h1-6,15,17H. The number of aromatic nitrogens is 3. The molecular formula is C12H8ClN3O. The molecule has 17 heavy (non-hydrogen) atoms. The van der Waals surface area contributed by atoms with Crippen molar-refractivity contribution >= 4 is 22.5 Å². The summed E-state index contributed by atoms with van der Waals surface area (Å²) in [7, 11) is 0. The molecule has 0 spiro atoms. The van der Waals surface area contributed by atoms with Crippen LogP contribution in [0.25, 0.3) is 22.2 Å². The van der Waals surface area contributed by atoms with Crippen molar-refractivity contribution in [2.75, 3.05) is 0 Å². The number of para-hydroxylation sites is 1. The number of nitrogens with zero attached hydrogens (tertiary/aromatic N) is 2. The Morgan fingerprint density at radius 1 is 1.18 bits per heavy atom. The summed E-state index contributed by atoms with van der Waals surface area (Å²) in [5.74, 6) is 0.0842. The zero-order valence-corrected chi connectivity index (χ0v) is 9.44. The molecule has 2 heterocycles. The van der Waals surface area contributed by atoms with E-state index in [1.54, 1.807) is 12.3 Å². The summed E-state index contributed by atoms with van der Waals surface area (Å²) in [6.07, 6.45) is 1.56. The van der Waals surface area contributed by atoms with Gasteiger partial charge in [-0.3, -0.25) is 0 Å². The van der Waals surface area contributed by atoms with Gasteiger partial charge in [-0.15, -0.1) is 0 Å². The lowest BCUT2D eigenvalue weighted by molar-refractivity contribution is 0.460. The summed E-state index contributed by atoms with van der Waals surface area (Å²) >= 11 is 5.75. The number of fused-ring (bicyclic) bond motifs is 1. The van der Waals surface area contributed by atoms with Gasteiger partial charge in [-0.2, -0.15) is 0 Å². The quantitative estimate of drug-likeness (QED) is 0.648. The van der Waals surface area contributed by atoms with Crippen molar-refractivity contribution in [3.63, 3.8) is 0 Å². The zero-order chi connectivity index (χ0) is 11.8. The molecule has 0 aliphatic heterocycles. The van der Waals surface area contributed by atoms with E-state index in [4.69, 9.17) is 11.6 Å². The number of hydrogen-bond acceptors (Lipinski definition) is 3. The van der Waals surface area contributed by atoms with Crippen LogP contribution in [0, 0.1) is 0 Å². The molecular weight excluding hydrogens is 238 g/mol. The molecule has 0 amide bonds. The van der Waals surface area contributed by atoms with E-state index in [-0.39, 0.29) is 11.2 Å². The maximum atomic E-state index is 9.92. The molecule has 4 nitrogen and oxygen atoms in total. The summed E-state index contributed by atoms with van der Waals surface area (Å²) in [5.41, 5.74) is 2.10. The first-order chi connectivity index (χ1) is 8.25. The SMILES string of the molecule is Oc1[nH]c2ccccc2c1-c1ccnc(Cl)n1. The molecule has 0 atom stereocenters. The van der Waals surface area contributed by atoms with Gasteiger partial charge in [-0.1, -0.05) is 18.2 Å². The van der Waals surface area contributed by atoms with Gasteiger partial charge in [-0.25, -0.2) is 9.97 Å².